The predicted octanol–water partition coefficient (Wildman–Crippen LogP) is 5.47. The van der Waals surface area contributed by atoms with Gasteiger partial charge in [-0.05, 0) is 24.3 Å². The fraction of sp³-hybridized carbons (Fsp3) is 0.250. The Hall–Kier alpha value is -3.39. The third kappa shape index (κ3) is 5.96. The maximum Gasteiger partial charge on any atom is 0.262 e. The Bertz CT molecular complexity index is 1310. The van der Waals surface area contributed by atoms with Gasteiger partial charge in [-0.25, -0.2) is 5.01 Å². The zero-order valence-corrected chi connectivity index (χ0v) is 22.1. The predicted molar refractivity (Wildman–Crippen MR) is 144 cm³/mol. The van der Waals surface area contributed by atoms with E-state index in [0.29, 0.717) is 33.5 Å². The van der Waals surface area contributed by atoms with Gasteiger partial charge in [0.25, 0.3) is 11.8 Å². The lowest BCUT2D eigenvalue weighted by Crippen LogP contribution is -2.42. The van der Waals surface area contributed by atoms with Crippen LogP contribution in [-0.2, 0) is 9.53 Å². The summed E-state index contributed by atoms with van der Waals surface area (Å²) in [7, 11) is 3.13. The molecule has 0 saturated heterocycles. The van der Waals surface area contributed by atoms with Crippen LogP contribution in [0.3, 0.4) is 0 Å². The number of hydrogen-bond acceptors (Lipinski definition) is 5. The van der Waals surface area contributed by atoms with E-state index in [9.17, 15) is 9.59 Å². The second-order valence-electron chi connectivity index (χ2n) is 8.43. The van der Waals surface area contributed by atoms with E-state index in [-0.39, 0.29) is 31.5 Å². The van der Waals surface area contributed by atoms with Crippen molar-refractivity contribution in [3.05, 3.63) is 99.5 Å². The number of hydrogen-bond donors (Lipinski definition) is 0. The summed E-state index contributed by atoms with van der Waals surface area (Å²) >= 11 is 12.7. The second kappa shape index (κ2) is 12.2. The van der Waals surface area contributed by atoms with Gasteiger partial charge in [0.05, 0.1) is 36.1 Å². The van der Waals surface area contributed by atoms with Crippen molar-refractivity contribution in [3.8, 4) is 5.75 Å². The Kier molecular flexibility index (Phi) is 8.82. The first-order chi connectivity index (χ1) is 17.9. The maximum absolute atomic E-state index is 13.8. The number of nitrogens with zero attached hydrogens (tertiary/aromatic N) is 3. The fourth-order valence-corrected chi connectivity index (χ4v) is 4.74. The van der Waals surface area contributed by atoms with Gasteiger partial charge in [-0.1, -0.05) is 71.7 Å². The largest absolute Gasteiger partial charge is 0.496 e. The minimum atomic E-state index is -0.436. The molecule has 1 aliphatic heterocycles. The van der Waals surface area contributed by atoms with Gasteiger partial charge in [-0.3, -0.25) is 9.59 Å². The Morgan fingerprint density at radius 3 is 2.35 bits per heavy atom. The van der Waals surface area contributed by atoms with Crippen LogP contribution in [0.5, 0.6) is 5.75 Å². The SMILES string of the molecule is COCCN(CC(=O)N1N=C(c2ccccc2Cl)C[C@H]1c1ccccc1OC)C(=O)c1ccccc1Cl. The molecule has 0 fully saturated rings. The molecule has 37 heavy (non-hydrogen) atoms. The molecule has 1 heterocycles. The average molecular weight is 540 g/mol. The number of para-hydroxylation sites is 1. The van der Waals surface area contributed by atoms with Crippen molar-refractivity contribution in [2.75, 3.05) is 33.9 Å². The molecule has 9 heteroatoms. The number of carbonyl (C=O) groups excluding carboxylic acids is 2. The van der Waals surface area contributed by atoms with Gasteiger partial charge in [0.15, 0.2) is 0 Å². The Balaban J connectivity index is 1.68. The number of amides is 2. The van der Waals surface area contributed by atoms with Crippen molar-refractivity contribution >= 4 is 40.7 Å². The molecular formula is C28H27Cl2N3O4. The van der Waals surface area contributed by atoms with Crippen LogP contribution in [0.15, 0.2) is 77.9 Å². The number of rotatable bonds is 9. The molecule has 0 bridgehead atoms. The normalized spacial score (nSPS) is 14.9. The molecule has 3 aromatic rings. The number of methoxy groups -OCH3 is 2. The number of carbonyl (C=O) groups is 2. The first kappa shape index (κ1) is 26.7. The van der Waals surface area contributed by atoms with Gasteiger partial charge >= 0.3 is 0 Å². The molecule has 0 radical (unpaired) electrons. The lowest BCUT2D eigenvalue weighted by molar-refractivity contribution is -0.133. The van der Waals surface area contributed by atoms with Crippen molar-refractivity contribution in [1.29, 1.82) is 0 Å². The lowest BCUT2D eigenvalue weighted by Gasteiger charge is -2.27. The smallest absolute Gasteiger partial charge is 0.262 e. The van der Waals surface area contributed by atoms with Crippen molar-refractivity contribution in [2.24, 2.45) is 5.10 Å². The maximum atomic E-state index is 13.8. The highest BCUT2D eigenvalue weighted by atomic mass is 35.5. The van der Waals surface area contributed by atoms with Gasteiger partial charge in [0, 0.05) is 36.2 Å². The monoisotopic (exact) mass is 539 g/mol. The third-order valence-electron chi connectivity index (χ3n) is 6.13. The molecule has 0 spiro atoms. The van der Waals surface area contributed by atoms with Crippen LogP contribution >= 0.6 is 23.2 Å². The van der Waals surface area contributed by atoms with E-state index in [1.165, 1.54) is 9.91 Å². The van der Waals surface area contributed by atoms with Gasteiger partial charge in [0.2, 0.25) is 0 Å². The molecule has 0 aliphatic carbocycles. The first-order valence-electron chi connectivity index (χ1n) is 11.7. The molecule has 0 saturated carbocycles. The van der Waals surface area contributed by atoms with Crippen molar-refractivity contribution in [2.45, 2.75) is 12.5 Å². The van der Waals surface area contributed by atoms with Gasteiger partial charge < -0.3 is 14.4 Å². The van der Waals surface area contributed by atoms with E-state index in [0.717, 1.165) is 11.1 Å². The van der Waals surface area contributed by atoms with E-state index in [4.69, 9.17) is 37.8 Å². The summed E-state index contributed by atoms with van der Waals surface area (Å²) in [5.41, 5.74) is 2.56. The second-order valence-corrected chi connectivity index (χ2v) is 9.24. The zero-order chi connectivity index (χ0) is 26.4. The minimum Gasteiger partial charge on any atom is -0.496 e. The highest BCUT2D eigenvalue weighted by molar-refractivity contribution is 6.34. The van der Waals surface area contributed by atoms with Crippen molar-refractivity contribution in [1.82, 2.24) is 9.91 Å². The molecule has 0 aromatic heterocycles. The zero-order valence-electron chi connectivity index (χ0n) is 20.6. The number of ether oxygens (including phenoxy) is 2. The Morgan fingerprint density at radius 2 is 1.65 bits per heavy atom. The van der Waals surface area contributed by atoms with Crippen LogP contribution in [0.1, 0.15) is 33.9 Å². The molecule has 4 rings (SSSR count). The van der Waals surface area contributed by atoms with E-state index in [1.807, 2.05) is 42.5 Å². The molecule has 0 N–H and O–H groups in total. The van der Waals surface area contributed by atoms with Crippen LogP contribution < -0.4 is 4.74 Å². The van der Waals surface area contributed by atoms with Crippen LogP contribution in [0, 0.1) is 0 Å². The van der Waals surface area contributed by atoms with Gasteiger partial charge in [-0.15, -0.1) is 0 Å². The summed E-state index contributed by atoms with van der Waals surface area (Å²) in [6.45, 7) is 0.256. The molecule has 0 unspecified atom stereocenters. The summed E-state index contributed by atoms with van der Waals surface area (Å²) in [4.78, 5) is 28.5. The lowest BCUT2D eigenvalue weighted by atomic mass is 9.97. The van der Waals surface area contributed by atoms with Crippen LogP contribution in [-0.4, -0.2) is 61.4 Å². The number of benzene rings is 3. The summed E-state index contributed by atoms with van der Waals surface area (Å²) in [5, 5.41) is 6.99. The van der Waals surface area contributed by atoms with Crippen LogP contribution in [0.2, 0.25) is 10.0 Å². The molecule has 7 nitrogen and oxygen atoms in total. The molecular weight excluding hydrogens is 513 g/mol. The van der Waals surface area contributed by atoms with Gasteiger partial charge in [-0.2, -0.15) is 5.10 Å². The summed E-state index contributed by atoms with van der Waals surface area (Å²) in [5.74, 6) is -0.0712. The summed E-state index contributed by atoms with van der Waals surface area (Å²) < 4.78 is 10.8. The van der Waals surface area contributed by atoms with Gasteiger partial charge in [0.1, 0.15) is 12.3 Å². The molecule has 3 aromatic carbocycles. The van der Waals surface area contributed by atoms with Crippen LogP contribution in [0.25, 0.3) is 0 Å². The minimum absolute atomic E-state index is 0.209. The first-order valence-corrected chi connectivity index (χ1v) is 12.5. The highest BCUT2D eigenvalue weighted by Gasteiger charge is 2.36. The molecule has 1 atom stereocenters. The topological polar surface area (TPSA) is 71.4 Å². The number of hydrazone groups is 1. The standard InChI is InChI=1S/C28H27Cl2N3O4/c1-36-16-15-32(28(35)20-10-4-7-13-23(20)30)18-27(34)33-25(21-11-5-8-14-26(21)37-2)17-24(31-33)19-9-3-6-12-22(19)29/h3-14,25H,15-18H2,1-2H3/t25-/m0/s1. The average Bonchev–Trinajstić information content (AvgIpc) is 3.36. The fourth-order valence-electron chi connectivity index (χ4n) is 4.28. The highest BCUT2D eigenvalue weighted by Crippen LogP contribution is 2.38. The van der Waals surface area contributed by atoms with Crippen LogP contribution in [0.4, 0.5) is 0 Å². The summed E-state index contributed by atoms with van der Waals surface area (Å²) in [6, 6.07) is 21.2. The summed E-state index contributed by atoms with van der Waals surface area (Å²) in [6.07, 6.45) is 0.437. The third-order valence-corrected chi connectivity index (χ3v) is 6.79. The quantitative estimate of drug-likeness (QED) is 0.361. The van der Waals surface area contributed by atoms with Crippen molar-refractivity contribution < 1.29 is 19.1 Å². The Labute approximate surface area is 226 Å². The van der Waals surface area contributed by atoms with E-state index >= 15 is 0 Å². The molecule has 192 valence electrons. The molecule has 1 aliphatic rings. The van der Waals surface area contributed by atoms with Crippen molar-refractivity contribution in [3.63, 3.8) is 0 Å². The Morgan fingerprint density at radius 1 is 0.973 bits per heavy atom. The van der Waals surface area contributed by atoms with E-state index in [1.54, 1.807) is 44.6 Å². The molecule has 2 amide bonds. The van der Waals surface area contributed by atoms with E-state index < -0.39 is 6.04 Å². The van der Waals surface area contributed by atoms with E-state index in [2.05, 4.69) is 0 Å². The number of halogens is 2.